The number of aryl methyl sites for hydroxylation is 2. The van der Waals surface area contributed by atoms with E-state index in [0.29, 0.717) is 5.92 Å². The molecule has 0 radical (unpaired) electrons. The van der Waals surface area contributed by atoms with E-state index >= 15 is 0 Å². The van der Waals surface area contributed by atoms with Crippen molar-refractivity contribution in [3.8, 4) is 11.3 Å². The molecule has 4 nitrogen and oxygen atoms in total. The predicted octanol–water partition coefficient (Wildman–Crippen LogP) is 1.85. The molecule has 4 rings (SSSR count). The van der Waals surface area contributed by atoms with Gasteiger partial charge < -0.3 is 25.3 Å². The van der Waals surface area contributed by atoms with E-state index in [2.05, 4.69) is 30.3 Å². The van der Waals surface area contributed by atoms with Gasteiger partial charge in [0.05, 0.1) is 6.61 Å². The van der Waals surface area contributed by atoms with Crippen molar-refractivity contribution in [1.29, 1.82) is 0 Å². The van der Waals surface area contributed by atoms with Crippen molar-refractivity contribution in [3.63, 3.8) is 0 Å². The average molecular weight is 441 g/mol. The van der Waals surface area contributed by atoms with Crippen LogP contribution in [0.3, 0.4) is 0 Å². The molecular weight excluding hydrogens is 406 g/mol. The Hall–Kier alpha value is 0.416. The summed E-state index contributed by atoms with van der Waals surface area (Å²) in [5.41, 5.74) is 12.2. The fraction of sp³-hybridized carbons (Fsp3) is 0.609. The van der Waals surface area contributed by atoms with Gasteiger partial charge in [0, 0.05) is 23.1 Å². The van der Waals surface area contributed by atoms with Crippen molar-refractivity contribution in [2.24, 2.45) is 5.73 Å². The summed E-state index contributed by atoms with van der Waals surface area (Å²) in [6, 6.07) is 6.81. The van der Waals surface area contributed by atoms with E-state index in [0.717, 1.165) is 50.0 Å². The van der Waals surface area contributed by atoms with E-state index in [4.69, 9.17) is 10.3 Å². The van der Waals surface area contributed by atoms with Crippen LogP contribution in [0.15, 0.2) is 22.7 Å². The minimum Gasteiger partial charge on any atom is -0.577 e. The van der Waals surface area contributed by atoms with Crippen molar-refractivity contribution in [2.75, 3.05) is 6.61 Å². The number of aliphatic hydroxyl groups excluding tert-OH is 1. The summed E-state index contributed by atoms with van der Waals surface area (Å²) >= 11 is 0. The molecule has 29 heavy (non-hydrogen) atoms. The number of fused-ring (bicyclic) bond motifs is 3. The van der Waals surface area contributed by atoms with Crippen molar-refractivity contribution in [1.82, 2.24) is 5.16 Å². The van der Waals surface area contributed by atoms with Crippen LogP contribution in [0.4, 0.5) is 0 Å². The van der Waals surface area contributed by atoms with Crippen molar-refractivity contribution in [2.45, 2.75) is 82.6 Å². The molecule has 2 aliphatic carbocycles. The van der Waals surface area contributed by atoms with Gasteiger partial charge in [-0.3, -0.25) is 0 Å². The molecule has 0 bridgehead atoms. The quantitative estimate of drug-likeness (QED) is 0.392. The van der Waals surface area contributed by atoms with Gasteiger partial charge in [0.2, 0.25) is 0 Å². The number of benzene rings is 1. The first kappa shape index (κ1) is 25.7. The van der Waals surface area contributed by atoms with E-state index in [1.165, 1.54) is 47.9 Å². The molecule has 1 fully saturated rings. The Labute approximate surface area is 220 Å². The second-order valence-corrected chi connectivity index (χ2v) is 8.62. The molecule has 2 unspecified atom stereocenters. The molecule has 0 saturated heterocycles. The molecule has 1 aromatic heterocycles. The van der Waals surface area contributed by atoms with Crippen molar-refractivity contribution >= 4 is 9.90 Å². The zero-order chi connectivity index (χ0) is 18.9. The van der Waals surface area contributed by atoms with Gasteiger partial charge in [-0.2, -0.15) is 0 Å². The third-order valence-electron chi connectivity index (χ3n) is 6.59. The normalized spacial score (nSPS) is 22.4. The molecule has 2 aliphatic rings. The molecule has 1 aromatic carbocycles. The monoisotopic (exact) mass is 440 g/mol. The second kappa shape index (κ2) is 11.3. The van der Waals surface area contributed by atoms with E-state index in [1.807, 2.05) is 0 Å². The van der Waals surface area contributed by atoms with Crippen molar-refractivity contribution in [3.05, 3.63) is 40.6 Å². The first-order chi connectivity index (χ1) is 13.1. The van der Waals surface area contributed by atoms with Crippen LogP contribution in [0.25, 0.3) is 11.3 Å². The molecule has 0 aliphatic heterocycles. The number of aromatic nitrogens is 1. The van der Waals surface area contributed by atoms with E-state index in [9.17, 15) is 5.11 Å². The van der Waals surface area contributed by atoms with E-state index < -0.39 is 5.54 Å². The van der Waals surface area contributed by atoms with Gasteiger partial charge in [-0.15, -0.1) is 0 Å². The summed E-state index contributed by atoms with van der Waals surface area (Å²) in [4.78, 5) is 0. The molecule has 154 valence electrons. The summed E-state index contributed by atoms with van der Waals surface area (Å²) in [7, 11) is 0. The fourth-order valence-corrected chi connectivity index (χ4v) is 4.87. The molecule has 3 N–H and O–H groups in total. The third-order valence-corrected chi connectivity index (χ3v) is 6.59. The summed E-state index contributed by atoms with van der Waals surface area (Å²) in [5.74, 6) is 1.56. The molecule has 0 amide bonds. The Morgan fingerprint density at radius 2 is 2.07 bits per heavy atom. The Bertz CT molecular complexity index is 810. The molecule has 1 heterocycles. The van der Waals surface area contributed by atoms with E-state index in [-0.39, 0.29) is 67.9 Å². The number of unbranched alkanes of at least 4 members (excludes halogenated alkanes) is 3. The van der Waals surface area contributed by atoms with Crippen LogP contribution in [0.5, 0.6) is 0 Å². The summed E-state index contributed by atoms with van der Waals surface area (Å²) < 4.78 is 5.73. The number of nitrogens with zero attached hydrogens (tertiary/aromatic N) is 1. The molecule has 6 heteroatoms. The van der Waals surface area contributed by atoms with Crippen LogP contribution in [0.1, 0.15) is 80.2 Å². The summed E-state index contributed by atoms with van der Waals surface area (Å²) in [5, 5.41) is 14.0. The Morgan fingerprint density at radius 3 is 2.79 bits per heavy atom. The maximum Gasteiger partial charge on any atom is 1.00 e. The number of rotatable bonds is 7. The van der Waals surface area contributed by atoms with Gasteiger partial charge in [-0.1, -0.05) is 49.5 Å². The molecular formula is C23H34KN2O2P. The average Bonchev–Trinajstić information content (AvgIpc) is 3.29. The summed E-state index contributed by atoms with van der Waals surface area (Å²) in [6.45, 7) is 2.32. The minimum atomic E-state index is -0.396. The van der Waals surface area contributed by atoms with Crippen LogP contribution < -0.4 is 57.1 Å². The van der Waals surface area contributed by atoms with Crippen LogP contribution in [0.2, 0.25) is 0 Å². The Balaban J connectivity index is 0.00000150. The standard InChI is InChI=1S/C23H32N2O2.K.H2P/c1-2-3-4-5-6-21-20-10-8-17-13-16(7-9-19(17)22(20)25-27-21)18-11-12-23(24,14-18)15-26;;/h7,9,13,18,26H,2-6,8,10-12,14-15,24H2,1H3;;1H2/q;+1;-1. The van der Waals surface area contributed by atoms with Crippen LogP contribution in [0, 0.1) is 0 Å². The van der Waals surface area contributed by atoms with Gasteiger partial charge in [0.1, 0.15) is 11.5 Å². The van der Waals surface area contributed by atoms with Crippen molar-refractivity contribution < 1.29 is 61.0 Å². The maximum atomic E-state index is 9.54. The van der Waals surface area contributed by atoms with E-state index in [1.54, 1.807) is 0 Å². The molecule has 2 atom stereocenters. The predicted molar refractivity (Wildman–Crippen MR) is 117 cm³/mol. The topological polar surface area (TPSA) is 72.3 Å². The SMILES string of the molecule is CCCCCCc1onc2c1CCc1cc(C3CCC(N)(CO)C3)ccc1-2.[K+].[PH2-]. The van der Waals surface area contributed by atoms with Crippen LogP contribution in [-0.2, 0) is 19.3 Å². The zero-order valence-electron chi connectivity index (χ0n) is 18.0. The second-order valence-electron chi connectivity index (χ2n) is 8.62. The van der Waals surface area contributed by atoms with Crippen LogP contribution >= 0.6 is 9.90 Å². The molecule has 1 saturated carbocycles. The number of nitrogens with two attached hydrogens (primary N) is 1. The van der Waals surface area contributed by atoms with Crippen LogP contribution in [-0.4, -0.2) is 22.4 Å². The van der Waals surface area contributed by atoms with Gasteiger partial charge in [0.15, 0.2) is 0 Å². The molecule has 2 aromatic rings. The first-order valence-electron chi connectivity index (χ1n) is 10.6. The first-order valence-corrected chi connectivity index (χ1v) is 10.6. The van der Waals surface area contributed by atoms with Gasteiger partial charge in [-0.25, -0.2) is 0 Å². The zero-order valence-corrected chi connectivity index (χ0v) is 22.3. The Morgan fingerprint density at radius 1 is 1.24 bits per heavy atom. The molecule has 0 spiro atoms. The van der Waals surface area contributed by atoms with Gasteiger partial charge in [0.25, 0.3) is 0 Å². The Kier molecular flexibility index (Phi) is 10.0. The third kappa shape index (κ3) is 5.62. The van der Waals surface area contributed by atoms with Gasteiger partial charge >= 0.3 is 51.4 Å². The number of aliphatic hydroxyl groups is 1. The minimum absolute atomic E-state index is 0. The number of hydrogen-bond acceptors (Lipinski definition) is 4. The largest absolute Gasteiger partial charge is 1.00 e. The van der Waals surface area contributed by atoms with Gasteiger partial charge in [-0.05, 0) is 55.6 Å². The summed E-state index contributed by atoms with van der Waals surface area (Å²) in [6.07, 6.45) is 10.9. The number of hydrogen-bond donors (Lipinski definition) is 2. The fourth-order valence-electron chi connectivity index (χ4n) is 4.87. The smallest absolute Gasteiger partial charge is 0.577 e. The maximum absolute atomic E-state index is 9.54.